The van der Waals surface area contributed by atoms with Crippen LogP contribution in [0.15, 0.2) is 6.07 Å². The number of rotatable bonds is 5. The predicted molar refractivity (Wildman–Crippen MR) is 69.6 cm³/mol. The van der Waals surface area contributed by atoms with Gasteiger partial charge in [0, 0.05) is 13.1 Å². The van der Waals surface area contributed by atoms with Crippen LogP contribution in [0.2, 0.25) is 0 Å². The van der Waals surface area contributed by atoms with E-state index in [0.29, 0.717) is 12.8 Å². The van der Waals surface area contributed by atoms with Gasteiger partial charge in [0.25, 0.3) is 5.91 Å². The molecule has 1 heterocycles. The lowest BCUT2D eigenvalue weighted by Gasteiger charge is -2.41. The van der Waals surface area contributed by atoms with E-state index >= 15 is 0 Å². The van der Waals surface area contributed by atoms with Crippen LogP contribution in [0.4, 0.5) is 14.6 Å². The summed E-state index contributed by atoms with van der Waals surface area (Å²) < 4.78 is 29.2. The molecule has 0 bridgehead atoms. The molecular weight excluding hydrogens is 268 g/mol. The highest BCUT2D eigenvalue weighted by atomic mass is 19.3. The number of hydrogen-bond donors (Lipinski definition) is 2. The summed E-state index contributed by atoms with van der Waals surface area (Å²) in [5, 5.41) is 16.0. The van der Waals surface area contributed by atoms with E-state index in [1.54, 1.807) is 13.1 Å². The minimum Gasteiger partial charge on any atom is -0.383 e. The van der Waals surface area contributed by atoms with Crippen molar-refractivity contribution in [2.45, 2.75) is 50.6 Å². The number of carbonyl (C=O) groups excluding carboxylic acids is 1. The Morgan fingerprint density at radius 2 is 2.25 bits per heavy atom. The Hall–Kier alpha value is -1.50. The quantitative estimate of drug-likeness (QED) is 0.868. The first-order chi connectivity index (χ1) is 9.30. The Morgan fingerprint density at radius 3 is 2.75 bits per heavy atom. The molecule has 0 spiro atoms. The zero-order valence-corrected chi connectivity index (χ0v) is 11.6. The van der Waals surface area contributed by atoms with Crippen molar-refractivity contribution in [3.63, 3.8) is 0 Å². The molecule has 1 aliphatic rings. The van der Waals surface area contributed by atoms with E-state index in [4.69, 9.17) is 0 Å². The SMILES string of the molecule is CCCc1cc(NC(=O)C(F)(F)C2(O)CCC2)n(C)n1. The van der Waals surface area contributed by atoms with Gasteiger partial charge in [-0.1, -0.05) is 13.3 Å². The molecular formula is C13H19F2N3O2. The molecule has 0 atom stereocenters. The third-order valence-electron chi connectivity index (χ3n) is 3.73. The van der Waals surface area contributed by atoms with Crippen LogP contribution in [0, 0.1) is 0 Å². The monoisotopic (exact) mass is 287 g/mol. The lowest BCUT2D eigenvalue weighted by Crippen LogP contribution is -2.59. The summed E-state index contributed by atoms with van der Waals surface area (Å²) in [7, 11) is 1.57. The van der Waals surface area contributed by atoms with Gasteiger partial charge >= 0.3 is 5.92 Å². The van der Waals surface area contributed by atoms with Crippen LogP contribution in [0.5, 0.6) is 0 Å². The van der Waals surface area contributed by atoms with Crippen molar-refractivity contribution in [2.24, 2.45) is 7.05 Å². The molecule has 1 aliphatic carbocycles. The summed E-state index contributed by atoms with van der Waals surface area (Å²) in [6.07, 6.45) is 1.98. The van der Waals surface area contributed by atoms with Crippen LogP contribution >= 0.6 is 0 Å². The van der Waals surface area contributed by atoms with E-state index in [9.17, 15) is 18.7 Å². The third kappa shape index (κ3) is 2.42. The molecule has 5 nitrogen and oxygen atoms in total. The van der Waals surface area contributed by atoms with E-state index in [1.807, 2.05) is 6.92 Å². The first-order valence-corrected chi connectivity index (χ1v) is 6.75. The summed E-state index contributed by atoms with van der Waals surface area (Å²) >= 11 is 0. The van der Waals surface area contributed by atoms with Crippen LogP contribution < -0.4 is 5.32 Å². The Labute approximate surface area is 116 Å². The maximum absolute atomic E-state index is 13.9. The number of hydrogen-bond acceptors (Lipinski definition) is 3. The second-order valence-electron chi connectivity index (χ2n) is 5.31. The van der Waals surface area contributed by atoms with Gasteiger partial charge in [-0.25, -0.2) is 0 Å². The van der Waals surface area contributed by atoms with E-state index in [-0.39, 0.29) is 18.7 Å². The number of aryl methyl sites for hydroxylation is 2. The van der Waals surface area contributed by atoms with E-state index in [1.165, 1.54) is 4.68 Å². The molecule has 1 fully saturated rings. The smallest absolute Gasteiger partial charge is 0.352 e. The highest BCUT2D eigenvalue weighted by molar-refractivity contribution is 5.96. The number of nitrogens with zero attached hydrogens (tertiary/aromatic N) is 2. The maximum atomic E-state index is 13.9. The maximum Gasteiger partial charge on any atom is 0.352 e. The molecule has 0 radical (unpaired) electrons. The van der Waals surface area contributed by atoms with Crippen molar-refractivity contribution in [1.82, 2.24) is 9.78 Å². The van der Waals surface area contributed by atoms with Gasteiger partial charge < -0.3 is 10.4 Å². The van der Waals surface area contributed by atoms with E-state index in [0.717, 1.165) is 12.1 Å². The van der Waals surface area contributed by atoms with Gasteiger partial charge in [-0.15, -0.1) is 0 Å². The highest BCUT2D eigenvalue weighted by Gasteiger charge is 2.61. The molecule has 1 aromatic heterocycles. The Bertz CT molecular complexity index is 510. The Balaban J connectivity index is 2.11. The number of halogens is 2. The summed E-state index contributed by atoms with van der Waals surface area (Å²) in [6.45, 7) is 1.98. The second kappa shape index (κ2) is 5.12. The number of aromatic nitrogens is 2. The molecule has 112 valence electrons. The summed E-state index contributed by atoms with van der Waals surface area (Å²) in [5.74, 6) is -5.06. The zero-order chi connectivity index (χ0) is 15.0. The summed E-state index contributed by atoms with van der Waals surface area (Å²) in [6, 6.07) is 1.57. The van der Waals surface area contributed by atoms with Crippen molar-refractivity contribution in [2.75, 3.05) is 5.32 Å². The van der Waals surface area contributed by atoms with Crippen LogP contribution in [-0.4, -0.2) is 32.3 Å². The van der Waals surface area contributed by atoms with Crippen molar-refractivity contribution >= 4 is 11.7 Å². The fourth-order valence-corrected chi connectivity index (χ4v) is 2.25. The summed E-state index contributed by atoms with van der Waals surface area (Å²) in [5.41, 5.74) is -1.47. The van der Waals surface area contributed by atoms with Crippen molar-refractivity contribution in [3.05, 3.63) is 11.8 Å². The Morgan fingerprint density at radius 1 is 1.60 bits per heavy atom. The topological polar surface area (TPSA) is 67.2 Å². The largest absolute Gasteiger partial charge is 0.383 e. The standard InChI is InChI=1S/C13H19F2N3O2/c1-3-5-9-8-10(18(2)17-9)16-11(19)13(14,15)12(20)6-4-7-12/h8,20H,3-7H2,1-2H3,(H,16,19). The average Bonchev–Trinajstić information content (AvgIpc) is 2.67. The number of alkyl halides is 2. The minimum atomic E-state index is -3.79. The summed E-state index contributed by atoms with van der Waals surface area (Å²) in [4.78, 5) is 11.7. The van der Waals surface area contributed by atoms with Crippen LogP contribution in [-0.2, 0) is 18.3 Å². The van der Waals surface area contributed by atoms with Gasteiger partial charge in [0.05, 0.1) is 5.69 Å². The fraction of sp³-hybridized carbons (Fsp3) is 0.692. The molecule has 0 unspecified atom stereocenters. The zero-order valence-electron chi connectivity index (χ0n) is 11.6. The number of anilines is 1. The second-order valence-corrected chi connectivity index (χ2v) is 5.31. The number of aliphatic hydroxyl groups is 1. The van der Waals surface area contributed by atoms with Crippen molar-refractivity contribution in [1.29, 1.82) is 0 Å². The molecule has 1 aromatic rings. The molecule has 0 aromatic carbocycles. The van der Waals surface area contributed by atoms with Gasteiger partial charge in [0.1, 0.15) is 11.4 Å². The molecule has 0 saturated heterocycles. The lowest BCUT2D eigenvalue weighted by molar-refractivity contribution is -0.212. The first kappa shape index (κ1) is 14.9. The molecule has 2 N–H and O–H groups in total. The molecule has 0 aliphatic heterocycles. The van der Waals surface area contributed by atoms with Gasteiger partial charge in [0.15, 0.2) is 0 Å². The van der Waals surface area contributed by atoms with Gasteiger partial charge in [-0.3, -0.25) is 9.48 Å². The van der Waals surface area contributed by atoms with Gasteiger partial charge in [0.2, 0.25) is 0 Å². The fourth-order valence-electron chi connectivity index (χ4n) is 2.25. The van der Waals surface area contributed by atoms with Crippen molar-refractivity contribution in [3.8, 4) is 0 Å². The van der Waals surface area contributed by atoms with Gasteiger partial charge in [-0.05, 0) is 25.7 Å². The molecule has 1 saturated carbocycles. The number of amides is 1. The van der Waals surface area contributed by atoms with E-state index < -0.39 is 17.4 Å². The number of carbonyl (C=O) groups is 1. The van der Waals surface area contributed by atoms with Crippen molar-refractivity contribution < 1.29 is 18.7 Å². The molecule has 7 heteroatoms. The van der Waals surface area contributed by atoms with Crippen LogP contribution in [0.3, 0.4) is 0 Å². The molecule has 20 heavy (non-hydrogen) atoms. The normalized spacial score (nSPS) is 17.6. The van der Waals surface area contributed by atoms with E-state index in [2.05, 4.69) is 10.4 Å². The van der Waals surface area contributed by atoms with Gasteiger partial charge in [-0.2, -0.15) is 13.9 Å². The third-order valence-corrected chi connectivity index (χ3v) is 3.73. The number of nitrogens with one attached hydrogen (secondary N) is 1. The lowest BCUT2D eigenvalue weighted by atomic mass is 9.75. The minimum absolute atomic E-state index is 0.0557. The molecule has 1 amide bonds. The Kier molecular flexibility index (Phi) is 3.82. The first-order valence-electron chi connectivity index (χ1n) is 6.75. The predicted octanol–water partition coefficient (Wildman–Crippen LogP) is 1.86. The molecule has 2 rings (SSSR count). The van der Waals surface area contributed by atoms with Crippen LogP contribution in [0.25, 0.3) is 0 Å². The highest BCUT2D eigenvalue weighted by Crippen LogP contribution is 2.44. The average molecular weight is 287 g/mol. The van der Waals surface area contributed by atoms with Crippen LogP contribution in [0.1, 0.15) is 38.3 Å².